The van der Waals surface area contributed by atoms with Crippen LogP contribution in [0, 0.1) is 5.82 Å². The third kappa shape index (κ3) is 5.65. The lowest BCUT2D eigenvalue weighted by Gasteiger charge is -2.27. The van der Waals surface area contributed by atoms with Crippen LogP contribution in [-0.2, 0) is 6.42 Å². The van der Waals surface area contributed by atoms with Crippen LogP contribution < -0.4 is 5.73 Å². The van der Waals surface area contributed by atoms with E-state index in [2.05, 4.69) is 20.0 Å². The van der Waals surface area contributed by atoms with Crippen molar-refractivity contribution in [1.29, 1.82) is 0 Å². The summed E-state index contributed by atoms with van der Waals surface area (Å²) < 4.78 is 18.2. The Morgan fingerprint density at radius 2 is 1.92 bits per heavy atom. The molecule has 1 aliphatic heterocycles. The summed E-state index contributed by atoms with van der Waals surface area (Å²) in [5, 5.41) is 3.93. The van der Waals surface area contributed by atoms with Gasteiger partial charge in [-0.1, -0.05) is 5.16 Å². The molecule has 0 unspecified atom stereocenters. The van der Waals surface area contributed by atoms with Gasteiger partial charge in [0.25, 0.3) is 0 Å². The first kappa shape index (κ1) is 19.6. The van der Waals surface area contributed by atoms with Crippen LogP contribution in [0.15, 0.2) is 33.8 Å². The van der Waals surface area contributed by atoms with Crippen LogP contribution in [0.5, 0.6) is 0 Å². The fourth-order valence-corrected chi connectivity index (χ4v) is 2.72. The van der Waals surface area contributed by atoms with E-state index in [4.69, 9.17) is 10.3 Å². The molecule has 0 bridgehead atoms. The van der Waals surface area contributed by atoms with Gasteiger partial charge in [-0.2, -0.15) is 4.98 Å². The Bertz CT molecular complexity index is 683. The zero-order valence-corrected chi connectivity index (χ0v) is 16.4. The number of rotatable bonds is 5. The normalized spacial score (nSPS) is 15.1. The van der Waals surface area contributed by atoms with E-state index >= 15 is 0 Å². The maximum atomic E-state index is 12.9. The lowest BCUT2D eigenvalue weighted by molar-refractivity contribution is 0.338. The molecule has 0 atom stereocenters. The largest absolute Gasteiger partial charge is 0.370 e. The summed E-state index contributed by atoms with van der Waals surface area (Å²) in [4.78, 5) is 10.9. The highest BCUT2D eigenvalue weighted by atomic mass is 127. The van der Waals surface area contributed by atoms with Crippen LogP contribution in [-0.4, -0.2) is 40.6 Å². The SMILES string of the molecule is I.NC(=NCCCc1nc(-c2ccc(F)cc2)no1)N1CCCCC1. The number of aromatic nitrogens is 2. The molecule has 3 rings (SSSR count). The van der Waals surface area contributed by atoms with Gasteiger partial charge in [-0.05, 0) is 49.9 Å². The van der Waals surface area contributed by atoms with Gasteiger partial charge in [0.2, 0.25) is 11.7 Å². The molecule has 6 nitrogen and oxygen atoms in total. The Balaban J connectivity index is 0.00000225. The summed E-state index contributed by atoms with van der Waals surface area (Å²) in [7, 11) is 0. The first-order chi connectivity index (χ1) is 11.7. The van der Waals surface area contributed by atoms with Gasteiger partial charge < -0.3 is 15.2 Å². The lowest BCUT2D eigenvalue weighted by atomic mass is 10.1. The molecular weight excluding hydrogens is 436 g/mol. The van der Waals surface area contributed by atoms with Crippen molar-refractivity contribution >= 4 is 29.9 Å². The predicted molar refractivity (Wildman–Crippen MR) is 105 cm³/mol. The van der Waals surface area contributed by atoms with Crippen LogP contribution >= 0.6 is 24.0 Å². The highest BCUT2D eigenvalue weighted by Gasteiger charge is 2.12. The Morgan fingerprint density at radius 3 is 2.64 bits per heavy atom. The number of aryl methyl sites for hydroxylation is 1. The smallest absolute Gasteiger partial charge is 0.227 e. The summed E-state index contributed by atoms with van der Waals surface area (Å²) in [5.74, 6) is 1.38. The van der Waals surface area contributed by atoms with Crippen molar-refractivity contribution < 1.29 is 8.91 Å². The number of hydrogen-bond acceptors (Lipinski definition) is 4. The molecule has 0 spiro atoms. The standard InChI is InChI=1S/C17H22FN5O.HI/c18-14-8-6-13(7-9-14)16-21-15(24-22-16)5-4-10-20-17(19)23-11-2-1-3-12-23;/h6-9H,1-5,10-12H2,(H2,19,20);1H. The van der Waals surface area contributed by atoms with Crippen molar-refractivity contribution in [2.24, 2.45) is 10.7 Å². The fraction of sp³-hybridized carbons (Fsp3) is 0.471. The molecule has 2 N–H and O–H groups in total. The minimum absolute atomic E-state index is 0. The summed E-state index contributed by atoms with van der Waals surface area (Å²) in [6.45, 7) is 2.64. The van der Waals surface area contributed by atoms with E-state index in [9.17, 15) is 4.39 Å². The van der Waals surface area contributed by atoms with Gasteiger partial charge in [-0.3, -0.25) is 4.99 Å². The molecule has 0 saturated carbocycles. The maximum Gasteiger partial charge on any atom is 0.227 e. The molecule has 1 fully saturated rings. The number of benzene rings is 1. The third-order valence-electron chi connectivity index (χ3n) is 4.07. The Kier molecular flexibility index (Phi) is 7.60. The molecule has 1 saturated heterocycles. The first-order valence-corrected chi connectivity index (χ1v) is 8.36. The number of piperidine rings is 1. The van der Waals surface area contributed by atoms with Crippen molar-refractivity contribution in [3.05, 3.63) is 36.0 Å². The summed E-state index contributed by atoms with van der Waals surface area (Å²) in [5.41, 5.74) is 6.75. The molecule has 25 heavy (non-hydrogen) atoms. The number of nitrogens with two attached hydrogens (primary N) is 1. The average molecular weight is 459 g/mol. The van der Waals surface area contributed by atoms with Crippen LogP contribution in [0.4, 0.5) is 4.39 Å². The quantitative estimate of drug-likeness (QED) is 0.322. The first-order valence-electron chi connectivity index (χ1n) is 8.36. The molecule has 1 aliphatic rings. The highest BCUT2D eigenvalue weighted by Crippen LogP contribution is 2.16. The van der Waals surface area contributed by atoms with Crippen molar-refractivity contribution in [2.45, 2.75) is 32.1 Å². The predicted octanol–water partition coefficient (Wildman–Crippen LogP) is 3.23. The average Bonchev–Trinajstić information content (AvgIpc) is 3.09. The summed E-state index contributed by atoms with van der Waals surface area (Å²) in [6.07, 6.45) is 5.08. The number of guanidine groups is 1. The summed E-state index contributed by atoms with van der Waals surface area (Å²) in [6, 6.07) is 6.02. The second kappa shape index (κ2) is 9.69. The van der Waals surface area contributed by atoms with Gasteiger partial charge in [-0.25, -0.2) is 4.39 Å². The van der Waals surface area contributed by atoms with E-state index in [1.807, 2.05) is 0 Å². The van der Waals surface area contributed by atoms with Gasteiger partial charge in [0.05, 0.1) is 0 Å². The van der Waals surface area contributed by atoms with Gasteiger partial charge in [0, 0.05) is 31.6 Å². The molecule has 2 heterocycles. The minimum atomic E-state index is -0.286. The molecular formula is C17H23FIN5O. The third-order valence-corrected chi connectivity index (χ3v) is 4.07. The number of hydrogen-bond donors (Lipinski definition) is 1. The van der Waals surface area contributed by atoms with Crippen LogP contribution in [0.25, 0.3) is 11.4 Å². The van der Waals surface area contributed by atoms with E-state index in [0.29, 0.717) is 30.6 Å². The Hall–Kier alpha value is -1.71. The van der Waals surface area contributed by atoms with Gasteiger partial charge >= 0.3 is 0 Å². The Morgan fingerprint density at radius 1 is 1.20 bits per heavy atom. The van der Waals surface area contributed by atoms with Crippen LogP contribution in [0.1, 0.15) is 31.6 Å². The monoisotopic (exact) mass is 459 g/mol. The van der Waals surface area contributed by atoms with E-state index in [-0.39, 0.29) is 29.8 Å². The zero-order valence-electron chi connectivity index (χ0n) is 14.0. The lowest BCUT2D eigenvalue weighted by Crippen LogP contribution is -2.40. The van der Waals surface area contributed by atoms with Crippen molar-refractivity contribution in [3.63, 3.8) is 0 Å². The molecule has 0 radical (unpaired) electrons. The van der Waals surface area contributed by atoms with E-state index in [0.717, 1.165) is 25.1 Å². The Labute approximate surface area is 163 Å². The van der Waals surface area contributed by atoms with E-state index < -0.39 is 0 Å². The molecule has 2 aromatic rings. The highest BCUT2D eigenvalue weighted by molar-refractivity contribution is 14.0. The van der Waals surface area contributed by atoms with Gasteiger partial charge in [0.1, 0.15) is 5.82 Å². The molecule has 1 aromatic carbocycles. The molecule has 8 heteroatoms. The van der Waals surface area contributed by atoms with Crippen molar-refractivity contribution in [3.8, 4) is 11.4 Å². The topological polar surface area (TPSA) is 80.5 Å². The van der Waals surface area contributed by atoms with Crippen molar-refractivity contribution in [2.75, 3.05) is 19.6 Å². The fourth-order valence-electron chi connectivity index (χ4n) is 2.72. The minimum Gasteiger partial charge on any atom is -0.370 e. The number of likely N-dealkylation sites (tertiary alicyclic amines) is 1. The number of halogens is 2. The van der Waals surface area contributed by atoms with Crippen LogP contribution in [0.2, 0.25) is 0 Å². The number of nitrogens with zero attached hydrogens (tertiary/aromatic N) is 4. The molecule has 0 amide bonds. The second-order valence-electron chi connectivity index (χ2n) is 5.91. The summed E-state index contributed by atoms with van der Waals surface area (Å²) >= 11 is 0. The van der Waals surface area contributed by atoms with Crippen molar-refractivity contribution in [1.82, 2.24) is 15.0 Å². The zero-order chi connectivity index (χ0) is 16.8. The molecule has 1 aromatic heterocycles. The van der Waals surface area contributed by atoms with Gasteiger partial charge in [0.15, 0.2) is 5.96 Å². The van der Waals surface area contributed by atoms with Gasteiger partial charge in [-0.15, -0.1) is 24.0 Å². The van der Waals surface area contributed by atoms with E-state index in [1.165, 1.54) is 31.4 Å². The maximum absolute atomic E-state index is 12.9. The second-order valence-corrected chi connectivity index (χ2v) is 5.91. The molecule has 0 aliphatic carbocycles. The van der Waals surface area contributed by atoms with E-state index in [1.54, 1.807) is 12.1 Å². The number of aliphatic imine (C=N–C) groups is 1. The van der Waals surface area contributed by atoms with Crippen LogP contribution in [0.3, 0.4) is 0 Å². The molecule has 136 valence electrons.